The van der Waals surface area contributed by atoms with Gasteiger partial charge in [-0.15, -0.1) is 0 Å². The molecule has 4 aromatic rings. The lowest BCUT2D eigenvalue weighted by Gasteiger charge is -2.32. The van der Waals surface area contributed by atoms with Crippen LogP contribution in [0.25, 0.3) is 0 Å². The van der Waals surface area contributed by atoms with E-state index >= 15 is 0 Å². The first-order valence-electron chi connectivity index (χ1n) is 27.7. The number of unbranched alkanes of at least 4 members (excludes halogenated alkanes) is 8. The molecule has 0 saturated heterocycles. The number of hydrogen-bond acceptors (Lipinski definition) is 16. The van der Waals surface area contributed by atoms with Gasteiger partial charge in [0.25, 0.3) is 0 Å². The summed E-state index contributed by atoms with van der Waals surface area (Å²) in [6, 6.07) is 7.10. The molecular formula is C56H68F12O16S4. The van der Waals surface area contributed by atoms with Crippen molar-refractivity contribution in [3.05, 3.63) is 93.0 Å². The number of hydrogen-bond donors (Lipinski definition) is 0. The quantitative estimate of drug-likeness (QED) is 0.0224. The number of benzene rings is 4. The summed E-state index contributed by atoms with van der Waals surface area (Å²) in [5.74, 6) is -13.0. The summed E-state index contributed by atoms with van der Waals surface area (Å²) in [5, 5.41) is 0. The molecule has 0 amide bonds. The van der Waals surface area contributed by atoms with Crippen LogP contribution in [0.3, 0.4) is 0 Å². The molecule has 16 nitrogen and oxygen atoms in total. The molecule has 0 radical (unpaired) electrons. The van der Waals surface area contributed by atoms with Crippen molar-refractivity contribution in [3.63, 3.8) is 0 Å². The Morgan fingerprint density at radius 2 is 0.443 bits per heavy atom. The predicted molar refractivity (Wildman–Crippen MR) is 298 cm³/mol. The van der Waals surface area contributed by atoms with Crippen molar-refractivity contribution >= 4 is 40.5 Å². The third-order valence-corrected chi connectivity index (χ3v) is 18.6. The van der Waals surface area contributed by atoms with Gasteiger partial charge < -0.3 is 35.7 Å². The van der Waals surface area contributed by atoms with Gasteiger partial charge in [0.05, 0.1) is 28.4 Å². The van der Waals surface area contributed by atoms with Crippen LogP contribution in [0.2, 0.25) is 0 Å². The molecule has 88 heavy (non-hydrogen) atoms. The largest absolute Gasteiger partial charge is 0.534 e. The Hall–Kier alpha value is -5.76. The summed E-state index contributed by atoms with van der Waals surface area (Å²) in [5.41, 5.74) is -27.5. The summed E-state index contributed by atoms with van der Waals surface area (Å²) in [6.45, 7) is 6.98. The number of fused-ring (bicyclic) bond motifs is 8. The summed E-state index contributed by atoms with van der Waals surface area (Å²) in [4.78, 5) is 0. The molecule has 496 valence electrons. The number of methoxy groups -OCH3 is 4. The van der Waals surface area contributed by atoms with Gasteiger partial charge in [-0.05, 0) is 49.9 Å². The Morgan fingerprint density at radius 3 is 0.580 bits per heavy atom. The van der Waals surface area contributed by atoms with E-state index in [1.54, 1.807) is 27.7 Å². The monoisotopic (exact) mass is 1350 g/mol. The number of halogens is 12. The molecule has 32 heteroatoms. The van der Waals surface area contributed by atoms with E-state index in [2.05, 4.69) is 0 Å². The van der Waals surface area contributed by atoms with Crippen LogP contribution in [0, 0.1) is 0 Å². The molecule has 1 aliphatic carbocycles. The lowest BCUT2D eigenvalue weighted by atomic mass is 9.76. The van der Waals surface area contributed by atoms with E-state index in [9.17, 15) is 86.4 Å². The van der Waals surface area contributed by atoms with E-state index in [1.807, 2.05) is 0 Å². The highest BCUT2D eigenvalue weighted by Gasteiger charge is 2.53. The maximum atomic E-state index is 14.6. The van der Waals surface area contributed by atoms with Crippen LogP contribution in [-0.4, -0.2) is 84.1 Å². The fourth-order valence-corrected chi connectivity index (χ4v) is 12.4. The number of alkyl halides is 12. The van der Waals surface area contributed by atoms with Crippen LogP contribution in [0.5, 0.6) is 46.0 Å². The average Bonchev–Trinajstić information content (AvgIpc) is 0.841. The molecule has 8 bridgehead atoms. The molecule has 4 unspecified atom stereocenters. The second kappa shape index (κ2) is 29.0. The Morgan fingerprint density at radius 1 is 0.284 bits per heavy atom. The van der Waals surface area contributed by atoms with Crippen LogP contribution in [0.4, 0.5) is 52.7 Å². The second-order valence-electron chi connectivity index (χ2n) is 20.7. The van der Waals surface area contributed by atoms with Gasteiger partial charge in [0.1, 0.15) is 46.0 Å². The average molecular weight is 1350 g/mol. The lowest BCUT2D eigenvalue weighted by Crippen LogP contribution is -2.29. The molecule has 0 heterocycles. The second-order valence-corrected chi connectivity index (χ2v) is 26.8. The van der Waals surface area contributed by atoms with Crippen molar-refractivity contribution in [2.24, 2.45) is 0 Å². The SMILES string of the molecule is CCCCCC1c2cc(c(OS(=O)(=O)C(F)(F)F)cc2OC)C(CCCCC)c2cc(c(OS(=O)(=O)C(F)(F)F)cc2OC)C(CCCCC)c2cc(c(OS(=O)(=O)C(F)(F)F)cc2OC)C(CCCCC)c2cc1c(OS(=O)(=O)C(F)(F)F)cc2OC. The molecule has 1 aliphatic rings. The van der Waals surface area contributed by atoms with E-state index in [4.69, 9.17) is 35.7 Å². The smallest absolute Gasteiger partial charge is 0.496 e. The van der Waals surface area contributed by atoms with Gasteiger partial charge in [-0.2, -0.15) is 86.4 Å². The zero-order chi connectivity index (χ0) is 66.2. The highest BCUT2D eigenvalue weighted by Crippen LogP contribution is 2.55. The highest BCUT2D eigenvalue weighted by atomic mass is 32.2. The van der Waals surface area contributed by atoms with Gasteiger partial charge in [-0.1, -0.05) is 105 Å². The van der Waals surface area contributed by atoms with Crippen molar-refractivity contribution in [2.45, 2.75) is 176 Å². The lowest BCUT2D eigenvalue weighted by molar-refractivity contribution is -0.0505. The molecule has 5 rings (SSSR count). The zero-order valence-electron chi connectivity index (χ0n) is 48.9. The van der Waals surface area contributed by atoms with Gasteiger partial charge in [-0.3, -0.25) is 0 Å². The van der Waals surface area contributed by atoms with Crippen molar-refractivity contribution in [3.8, 4) is 46.0 Å². The first-order chi connectivity index (χ1) is 40.8. The normalized spacial score (nSPS) is 17.0. The maximum absolute atomic E-state index is 14.6. The van der Waals surface area contributed by atoms with Crippen molar-refractivity contribution in [1.29, 1.82) is 0 Å². The molecule has 0 aromatic heterocycles. The molecule has 0 fully saturated rings. The minimum absolute atomic E-state index is 0.0844. The summed E-state index contributed by atoms with van der Waals surface area (Å²) >= 11 is 0. The van der Waals surface area contributed by atoms with Gasteiger partial charge in [-0.25, -0.2) is 0 Å². The highest BCUT2D eigenvalue weighted by molar-refractivity contribution is 7.88. The van der Waals surface area contributed by atoms with E-state index in [1.165, 1.54) is 0 Å². The first kappa shape index (κ1) is 73.0. The third-order valence-electron chi connectivity index (χ3n) is 14.8. The fraction of sp³-hybridized carbons (Fsp3) is 0.571. The zero-order valence-corrected chi connectivity index (χ0v) is 52.2. The van der Waals surface area contributed by atoms with E-state index in [0.717, 1.165) is 52.7 Å². The fourth-order valence-electron chi connectivity index (χ4n) is 10.5. The van der Waals surface area contributed by atoms with Crippen LogP contribution < -0.4 is 35.7 Å². The molecule has 0 saturated carbocycles. The van der Waals surface area contributed by atoms with E-state index in [-0.39, 0.29) is 73.6 Å². The molecular weight excluding hydrogens is 1280 g/mol. The van der Waals surface area contributed by atoms with Gasteiger partial charge in [0, 0.05) is 92.4 Å². The van der Waals surface area contributed by atoms with Crippen molar-refractivity contribution in [1.82, 2.24) is 0 Å². The molecule has 0 N–H and O–H groups in total. The van der Waals surface area contributed by atoms with E-state index < -0.39 is 154 Å². The van der Waals surface area contributed by atoms with Crippen molar-refractivity contribution in [2.75, 3.05) is 28.4 Å². The minimum Gasteiger partial charge on any atom is -0.496 e. The van der Waals surface area contributed by atoms with Crippen LogP contribution in [0.15, 0.2) is 48.5 Å². The minimum atomic E-state index is -6.68. The van der Waals surface area contributed by atoms with Crippen molar-refractivity contribution < 1.29 is 122 Å². The summed E-state index contributed by atoms with van der Waals surface area (Å²) < 4.78 is 324. The summed E-state index contributed by atoms with van der Waals surface area (Å²) in [6.07, 6.45) is 2.28. The Labute approximate surface area is 504 Å². The Kier molecular flexibility index (Phi) is 24.1. The van der Waals surface area contributed by atoms with Gasteiger partial charge in [0.2, 0.25) is 0 Å². The Bertz CT molecular complexity index is 3070. The molecule has 0 aliphatic heterocycles. The third kappa shape index (κ3) is 16.6. The Balaban J connectivity index is 2.32. The molecule has 0 spiro atoms. The maximum Gasteiger partial charge on any atom is 0.534 e. The standard InChI is InChI=1S/C56H68F12O16S4/c1-9-13-17-21-33-37-25-42(50(29-45(37)77-5)82-86(71,72)54(60,61)62)35(23-19-15-11-3)39-27-44(52(31-47(39)79-7)84-88(75,76)56(66,67)68)36(24-20-16-12-4)40-28-43(51(32-48(40)80-8)83-87(73,74)55(63,64)65)34(22-18-14-10-2)38-26-41(33)49(30-46(38)78-6)81-85(69,70)53(57,58)59/h25-36H,9-24H2,1-8H3. The van der Waals surface area contributed by atoms with Crippen LogP contribution in [-0.2, 0) is 40.5 Å². The van der Waals surface area contributed by atoms with Gasteiger partial charge in [0.15, 0.2) is 0 Å². The summed E-state index contributed by atoms with van der Waals surface area (Å²) in [7, 11) is -22.9. The predicted octanol–water partition coefficient (Wildman–Crippen LogP) is 15.8. The topological polar surface area (TPSA) is 210 Å². The first-order valence-corrected chi connectivity index (χ1v) is 33.4. The van der Waals surface area contributed by atoms with Crippen LogP contribution in [0.1, 0.15) is 199 Å². The van der Waals surface area contributed by atoms with Crippen LogP contribution >= 0.6 is 0 Å². The number of rotatable bonds is 28. The molecule has 4 atom stereocenters. The molecule has 4 aromatic carbocycles. The number of ether oxygens (including phenoxy) is 4. The van der Waals surface area contributed by atoms with E-state index in [0.29, 0.717) is 75.6 Å². The van der Waals surface area contributed by atoms with Gasteiger partial charge >= 0.3 is 62.5 Å².